The second kappa shape index (κ2) is 6.03. The van der Waals surface area contributed by atoms with Crippen LogP contribution in [0.3, 0.4) is 0 Å². The van der Waals surface area contributed by atoms with Crippen LogP contribution < -0.4 is 19.7 Å². The Balaban J connectivity index is 1.60. The van der Waals surface area contributed by atoms with Crippen LogP contribution in [0.2, 0.25) is 0 Å². The highest BCUT2D eigenvalue weighted by molar-refractivity contribution is 7.80. The van der Waals surface area contributed by atoms with Gasteiger partial charge in [-0.1, -0.05) is 6.07 Å². The molecule has 0 spiro atoms. The zero-order valence-electron chi connectivity index (χ0n) is 13.7. The zero-order chi connectivity index (χ0) is 17.5. The van der Waals surface area contributed by atoms with Gasteiger partial charge in [-0.2, -0.15) is 0 Å². The third-order valence-corrected chi connectivity index (χ3v) is 4.88. The second-order valence-electron chi connectivity index (χ2n) is 6.05. The van der Waals surface area contributed by atoms with Crippen molar-refractivity contribution in [2.45, 2.75) is 12.1 Å². The molecule has 5 rings (SSSR count). The number of rotatable bonds is 3. The van der Waals surface area contributed by atoms with Gasteiger partial charge in [0.1, 0.15) is 11.8 Å². The van der Waals surface area contributed by atoms with E-state index in [0.29, 0.717) is 10.9 Å². The van der Waals surface area contributed by atoms with Crippen LogP contribution in [-0.2, 0) is 0 Å². The Kier molecular flexibility index (Phi) is 3.53. The van der Waals surface area contributed by atoms with Crippen LogP contribution in [0.1, 0.15) is 23.5 Å². The Morgan fingerprint density at radius 2 is 2.00 bits per heavy atom. The molecule has 1 fully saturated rings. The molecule has 0 unspecified atom stereocenters. The summed E-state index contributed by atoms with van der Waals surface area (Å²) in [6.45, 7) is 0.236. The van der Waals surface area contributed by atoms with E-state index in [0.717, 1.165) is 22.9 Å². The van der Waals surface area contributed by atoms with Crippen molar-refractivity contribution in [1.29, 1.82) is 0 Å². The molecule has 0 aliphatic carbocycles. The highest BCUT2D eigenvalue weighted by Crippen LogP contribution is 2.44. The fourth-order valence-corrected chi connectivity index (χ4v) is 3.76. The summed E-state index contributed by atoms with van der Waals surface area (Å²) < 4.78 is 16.7. The van der Waals surface area contributed by atoms with E-state index in [1.807, 2.05) is 53.4 Å². The lowest BCUT2D eigenvalue weighted by Gasteiger charge is -2.26. The van der Waals surface area contributed by atoms with E-state index in [-0.39, 0.29) is 18.9 Å². The number of aromatic nitrogens is 1. The normalized spacial score (nSPS) is 21.1. The molecule has 2 aliphatic rings. The lowest BCUT2D eigenvalue weighted by atomic mass is 10.0. The average molecular weight is 365 g/mol. The van der Waals surface area contributed by atoms with Crippen molar-refractivity contribution in [3.63, 3.8) is 0 Å². The average Bonchev–Trinajstić information content (AvgIpc) is 3.41. The van der Waals surface area contributed by atoms with Gasteiger partial charge in [-0.3, -0.25) is 4.98 Å². The van der Waals surface area contributed by atoms with Crippen molar-refractivity contribution < 1.29 is 13.9 Å². The van der Waals surface area contributed by atoms with Gasteiger partial charge in [-0.15, -0.1) is 0 Å². The van der Waals surface area contributed by atoms with Crippen molar-refractivity contribution in [3.05, 3.63) is 72.4 Å². The molecule has 3 aromatic rings. The minimum Gasteiger partial charge on any atom is -0.467 e. The van der Waals surface area contributed by atoms with Gasteiger partial charge in [0.25, 0.3) is 0 Å². The molecule has 1 saturated heterocycles. The summed E-state index contributed by atoms with van der Waals surface area (Å²) in [5.74, 6) is 2.26. The zero-order valence-corrected chi connectivity index (χ0v) is 14.5. The number of fused-ring (bicyclic) bond motifs is 1. The summed E-state index contributed by atoms with van der Waals surface area (Å²) in [5, 5.41) is 4.00. The van der Waals surface area contributed by atoms with Crippen LogP contribution >= 0.6 is 12.2 Å². The molecule has 2 aromatic heterocycles. The van der Waals surface area contributed by atoms with E-state index in [2.05, 4.69) is 10.3 Å². The fraction of sp³-hybridized carbons (Fsp3) is 0.158. The number of anilines is 1. The van der Waals surface area contributed by atoms with E-state index >= 15 is 0 Å². The van der Waals surface area contributed by atoms with E-state index in [9.17, 15) is 0 Å². The van der Waals surface area contributed by atoms with Gasteiger partial charge in [-0.05, 0) is 48.6 Å². The maximum absolute atomic E-state index is 5.74. The first-order valence-corrected chi connectivity index (χ1v) is 8.66. The Bertz CT molecular complexity index is 946. The summed E-state index contributed by atoms with van der Waals surface area (Å²) in [6.07, 6.45) is 3.45. The van der Waals surface area contributed by atoms with E-state index < -0.39 is 0 Å². The summed E-state index contributed by atoms with van der Waals surface area (Å²) in [6, 6.07) is 15.2. The molecule has 4 heterocycles. The van der Waals surface area contributed by atoms with Gasteiger partial charge >= 0.3 is 0 Å². The highest BCUT2D eigenvalue weighted by Gasteiger charge is 2.42. The van der Waals surface area contributed by atoms with E-state index in [1.54, 1.807) is 12.5 Å². The van der Waals surface area contributed by atoms with Crippen LogP contribution in [0.4, 0.5) is 5.69 Å². The molecule has 26 heavy (non-hydrogen) atoms. The lowest BCUT2D eigenvalue weighted by Crippen LogP contribution is -2.29. The van der Waals surface area contributed by atoms with Gasteiger partial charge in [0.2, 0.25) is 6.79 Å². The number of hydrogen-bond donors (Lipinski definition) is 1. The molecule has 0 radical (unpaired) electrons. The minimum absolute atomic E-state index is 0.125. The third-order valence-electron chi connectivity index (χ3n) is 4.57. The number of hydrogen-bond acceptors (Lipinski definition) is 5. The predicted molar refractivity (Wildman–Crippen MR) is 99.2 cm³/mol. The molecule has 2 aliphatic heterocycles. The lowest BCUT2D eigenvalue weighted by molar-refractivity contribution is 0.174. The van der Waals surface area contributed by atoms with Crippen molar-refractivity contribution in [3.8, 4) is 11.5 Å². The van der Waals surface area contributed by atoms with Crippen LogP contribution in [0.15, 0.2) is 65.4 Å². The molecule has 1 aromatic carbocycles. The largest absolute Gasteiger partial charge is 0.467 e. The van der Waals surface area contributed by atoms with Crippen molar-refractivity contribution in [2.24, 2.45) is 0 Å². The molecule has 0 bridgehead atoms. The van der Waals surface area contributed by atoms with Crippen LogP contribution in [0, 0.1) is 0 Å². The second-order valence-corrected chi connectivity index (χ2v) is 6.44. The maximum atomic E-state index is 5.74. The first kappa shape index (κ1) is 15.2. The highest BCUT2D eigenvalue weighted by atomic mass is 32.1. The molecular weight excluding hydrogens is 350 g/mol. The molecule has 130 valence electrons. The first-order valence-electron chi connectivity index (χ1n) is 8.25. The first-order chi connectivity index (χ1) is 12.8. The Labute approximate surface area is 155 Å². The number of ether oxygens (including phenoxy) is 2. The smallest absolute Gasteiger partial charge is 0.231 e. The van der Waals surface area contributed by atoms with Crippen molar-refractivity contribution in [2.75, 3.05) is 11.7 Å². The molecule has 7 heteroatoms. The molecule has 1 N–H and O–H groups in total. The van der Waals surface area contributed by atoms with Gasteiger partial charge in [0.05, 0.1) is 18.0 Å². The SMILES string of the molecule is S=C1N[C@H](c2ccccn2)[C@H](c2ccco2)N1c1ccc2c(c1)OCO2. The predicted octanol–water partition coefficient (Wildman–Crippen LogP) is 3.58. The van der Waals surface area contributed by atoms with Gasteiger partial charge in [-0.25, -0.2) is 0 Å². The topological polar surface area (TPSA) is 59.8 Å². The van der Waals surface area contributed by atoms with E-state index in [1.165, 1.54) is 0 Å². The molecule has 2 atom stereocenters. The summed E-state index contributed by atoms with van der Waals surface area (Å²) >= 11 is 5.65. The number of thiocarbonyl (C=S) groups is 1. The Hall–Kier alpha value is -3.06. The Morgan fingerprint density at radius 3 is 2.81 bits per heavy atom. The van der Waals surface area contributed by atoms with Crippen LogP contribution in [-0.4, -0.2) is 16.9 Å². The van der Waals surface area contributed by atoms with Gasteiger partial charge < -0.3 is 24.1 Å². The summed E-state index contributed by atoms with van der Waals surface area (Å²) in [7, 11) is 0. The number of nitrogens with zero attached hydrogens (tertiary/aromatic N) is 2. The molecule has 0 amide bonds. The fourth-order valence-electron chi connectivity index (χ4n) is 3.42. The van der Waals surface area contributed by atoms with Gasteiger partial charge in [0, 0.05) is 18.0 Å². The van der Waals surface area contributed by atoms with Gasteiger partial charge in [0.15, 0.2) is 16.6 Å². The van der Waals surface area contributed by atoms with E-state index in [4.69, 9.17) is 26.1 Å². The Morgan fingerprint density at radius 1 is 1.08 bits per heavy atom. The number of nitrogens with one attached hydrogen (secondary N) is 1. The molecular formula is C19H15N3O3S. The maximum Gasteiger partial charge on any atom is 0.231 e. The number of pyridine rings is 1. The standard InChI is InChI=1S/C19H15N3O3S/c26-19-21-17(13-4-1-2-8-20-13)18(15-5-3-9-23-15)22(19)12-6-7-14-16(10-12)25-11-24-14/h1-10,17-18H,11H2,(H,21,26)/t17-,18+/m1/s1. The quantitative estimate of drug-likeness (QED) is 0.712. The van der Waals surface area contributed by atoms with Crippen LogP contribution in [0.5, 0.6) is 11.5 Å². The van der Waals surface area contributed by atoms with Crippen molar-refractivity contribution >= 4 is 23.0 Å². The minimum atomic E-state index is -0.159. The summed E-state index contributed by atoms with van der Waals surface area (Å²) in [5.41, 5.74) is 1.81. The monoisotopic (exact) mass is 365 g/mol. The van der Waals surface area contributed by atoms with Crippen LogP contribution in [0.25, 0.3) is 0 Å². The molecule has 6 nitrogen and oxygen atoms in total. The molecule has 0 saturated carbocycles. The van der Waals surface area contributed by atoms with Crippen molar-refractivity contribution in [1.82, 2.24) is 10.3 Å². The third kappa shape index (κ3) is 2.40. The number of furan rings is 1. The number of benzene rings is 1. The summed E-state index contributed by atoms with van der Waals surface area (Å²) in [4.78, 5) is 6.54.